The number of rotatable bonds is 2. The molecule has 2 amide bonds. The van der Waals surface area contributed by atoms with Crippen molar-refractivity contribution in [3.8, 4) is 0 Å². The van der Waals surface area contributed by atoms with Crippen LogP contribution in [-0.4, -0.2) is 91.3 Å². The van der Waals surface area contributed by atoms with Crippen molar-refractivity contribution in [2.75, 3.05) is 59.0 Å². The lowest BCUT2D eigenvalue weighted by molar-refractivity contribution is -0.186. The van der Waals surface area contributed by atoms with E-state index in [1.165, 1.54) is 0 Å². The molecule has 0 N–H and O–H groups in total. The molecule has 0 atom stereocenters. The summed E-state index contributed by atoms with van der Waals surface area (Å²) in [4.78, 5) is 29.5. The van der Waals surface area contributed by atoms with Crippen LogP contribution in [0.5, 0.6) is 0 Å². The van der Waals surface area contributed by atoms with Crippen LogP contribution >= 0.6 is 0 Å². The molecule has 0 aromatic carbocycles. The molecule has 7 nitrogen and oxygen atoms in total. The van der Waals surface area contributed by atoms with Gasteiger partial charge in [-0.25, -0.2) is 0 Å². The first-order valence-corrected chi connectivity index (χ1v) is 8.12. The van der Waals surface area contributed by atoms with Crippen molar-refractivity contribution >= 4 is 11.8 Å². The molecular weight excluding hydrogens is 286 g/mol. The molecule has 0 aromatic heterocycles. The second kappa shape index (κ2) is 6.52. The van der Waals surface area contributed by atoms with Crippen molar-refractivity contribution in [1.82, 2.24) is 14.7 Å². The zero-order valence-electron chi connectivity index (χ0n) is 13.3. The van der Waals surface area contributed by atoms with Crippen molar-refractivity contribution < 1.29 is 19.1 Å². The van der Waals surface area contributed by atoms with Gasteiger partial charge in [-0.1, -0.05) is 0 Å². The number of nitrogens with zero attached hydrogens (tertiary/aromatic N) is 3. The van der Waals surface area contributed by atoms with Gasteiger partial charge < -0.3 is 19.3 Å². The number of hydrogen-bond donors (Lipinski definition) is 0. The minimum Gasteiger partial charge on any atom is -0.347 e. The molecular formula is C15H25N3O4. The van der Waals surface area contributed by atoms with E-state index in [9.17, 15) is 9.59 Å². The van der Waals surface area contributed by atoms with E-state index >= 15 is 0 Å². The quantitative estimate of drug-likeness (QED) is 0.689. The zero-order valence-corrected chi connectivity index (χ0v) is 13.3. The van der Waals surface area contributed by atoms with Crippen molar-refractivity contribution in [2.45, 2.75) is 25.6 Å². The molecule has 22 heavy (non-hydrogen) atoms. The Hall–Kier alpha value is -1.18. The number of amides is 2. The number of carbonyl (C=O) groups is 2. The summed E-state index contributed by atoms with van der Waals surface area (Å²) in [5, 5.41) is 0. The fraction of sp³-hybridized carbons (Fsp3) is 0.867. The lowest BCUT2D eigenvalue weighted by atomic mass is 10.0. The van der Waals surface area contributed by atoms with Crippen LogP contribution in [0.3, 0.4) is 0 Å². The fourth-order valence-corrected chi connectivity index (χ4v) is 3.40. The van der Waals surface area contributed by atoms with Gasteiger partial charge in [0.05, 0.1) is 19.8 Å². The maximum atomic E-state index is 12.4. The minimum absolute atomic E-state index is 0.0880. The Labute approximate surface area is 131 Å². The molecule has 3 heterocycles. The third kappa shape index (κ3) is 3.42. The van der Waals surface area contributed by atoms with E-state index < -0.39 is 0 Å². The monoisotopic (exact) mass is 311 g/mol. The largest absolute Gasteiger partial charge is 0.347 e. The Morgan fingerprint density at radius 3 is 2.00 bits per heavy atom. The van der Waals surface area contributed by atoms with E-state index in [2.05, 4.69) is 4.90 Å². The van der Waals surface area contributed by atoms with Gasteiger partial charge in [0, 0.05) is 59.0 Å². The Morgan fingerprint density at radius 1 is 0.909 bits per heavy atom. The smallest absolute Gasteiger partial charge is 0.236 e. The van der Waals surface area contributed by atoms with Crippen LogP contribution in [0.4, 0.5) is 0 Å². The Bertz CT molecular complexity index is 419. The van der Waals surface area contributed by atoms with E-state index in [0.29, 0.717) is 45.9 Å². The zero-order chi connectivity index (χ0) is 15.6. The maximum absolute atomic E-state index is 12.4. The number of hydrogen-bond acceptors (Lipinski definition) is 5. The third-order valence-corrected chi connectivity index (χ3v) is 4.87. The molecule has 0 bridgehead atoms. The molecule has 7 heteroatoms. The normalized spacial score (nSPS) is 25.7. The summed E-state index contributed by atoms with van der Waals surface area (Å²) in [6.45, 7) is 7.63. The molecule has 1 spiro atoms. The third-order valence-electron chi connectivity index (χ3n) is 4.87. The van der Waals surface area contributed by atoms with Crippen LogP contribution < -0.4 is 0 Å². The van der Waals surface area contributed by atoms with Gasteiger partial charge in [0.25, 0.3) is 0 Å². The van der Waals surface area contributed by atoms with Gasteiger partial charge in [-0.15, -0.1) is 0 Å². The second-order valence-corrected chi connectivity index (χ2v) is 6.27. The van der Waals surface area contributed by atoms with Crippen molar-refractivity contribution in [3.05, 3.63) is 0 Å². The first kappa shape index (κ1) is 15.7. The van der Waals surface area contributed by atoms with Crippen molar-refractivity contribution in [2.24, 2.45) is 0 Å². The van der Waals surface area contributed by atoms with Crippen LogP contribution in [-0.2, 0) is 19.1 Å². The summed E-state index contributed by atoms with van der Waals surface area (Å²) in [5.41, 5.74) is 0. The fourth-order valence-electron chi connectivity index (χ4n) is 3.40. The van der Waals surface area contributed by atoms with Gasteiger partial charge >= 0.3 is 0 Å². The van der Waals surface area contributed by atoms with Crippen LogP contribution in [0.15, 0.2) is 0 Å². The van der Waals surface area contributed by atoms with Crippen LogP contribution in [0.1, 0.15) is 19.8 Å². The number of ether oxygens (including phenoxy) is 2. The number of piperidine rings is 1. The second-order valence-electron chi connectivity index (χ2n) is 6.27. The molecule has 0 aromatic rings. The van der Waals surface area contributed by atoms with Crippen LogP contribution in [0, 0.1) is 0 Å². The Morgan fingerprint density at radius 2 is 1.45 bits per heavy atom. The van der Waals surface area contributed by atoms with Crippen molar-refractivity contribution in [1.29, 1.82) is 0 Å². The highest BCUT2D eigenvalue weighted by atomic mass is 16.7. The van der Waals surface area contributed by atoms with Crippen molar-refractivity contribution in [3.63, 3.8) is 0 Å². The van der Waals surface area contributed by atoms with Gasteiger partial charge in [0.1, 0.15) is 0 Å². The molecule has 3 aliphatic heterocycles. The van der Waals surface area contributed by atoms with Gasteiger partial charge in [-0.05, 0) is 0 Å². The predicted octanol–water partition coefficient (Wildman–Crippen LogP) is -0.484. The molecule has 0 saturated carbocycles. The number of carbonyl (C=O) groups excluding carboxylic acids is 2. The summed E-state index contributed by atoms with van der Waals surface area (Å²) in [6.07, 6.45) is 1.66. The Kier molecular flexibility index (Phi) is 4.65. The number of likely N-dealkylation sites (tertiary alicyclic amines) is 1. The summed E-state index contributed by atoms with van der Waals surface area (Å²) >= 11 is 0. The van der Waals surface area contributed by atoms with E-state index in [-0.39, 0.29) is 17.6 Å². The first-order chi connectivity index (χ1) is 10.6. The highest BCUT2D eigenvalue weighted by Crippen LogP contribution is 2.31. The van der Waals surface area contributed by atoms with Crippen LogP contribution in [0.25, 0.3) is 0 Å². The standard InChI is InChI=1S/C15H25N3O4/c1-13(19)17-6-8-18(9-7-17)14(20)12-16-4-2-15(3-5-16)21-10-11-22-15/h2-12H2,1H3. The lowest BCUT2D eigenvalue weighted by Gasteiger charge is -2.39. The maximum Gasteiger partial charge on any atom is 0.236 e. The molecule has 3 saturated heterocycles. The molecule has 3 fully saturated rings. The van der Waals surface area contributed by atoms with Gasteiger partial charge in [-0.2, -0.15) is 0 Å². The van der Waals surface area contributed by atoms with E-state index in [4.69, 9.17) is 9.47 Å². The summed E-state index contributed by atoms with van der Waals surface area (Å²) < 4.78 is 11.4. The van der Waals surface area contributed by atoms with E-state index in [1.54, 1.807) is 11.8 Å². The van der Waals surface area contributed by atoms with Gasteiger partial charge in [-0.3, -0.25) is 14.5 Å². The highest BCUT2D eigenvalue weighted by molar-refractivity contribution is 5.79. The van der Waals surface area contributed by atoms with Crippen LogP contribution in [0.2, 0.25) is 0 Å². The molecule has 0 radical (unpaired) electrons. The minimum atomic E-state index is -0.382. The highest BCUT2D eigenvalue weighted by Gasteiger charge is 2.40. The molecule has 0 unspecified atom stereocenters. The summed E-state index contributed by atoms with van der Waals surface area (Å²) in [7, 11) is 0. The molecule has 124 valence electrons. The first-order valence-electron chi connectivity index (χ1n) is 8.12. The predicted molar refractivity (Wildman–Crippen MR) is 79.1 cm³/mol. The molecule has 3 rings (SSSR count). The molecule has 0 aliphatic carbocycles. The number of piperazine rings is 1. The van der Waals surface area contributed by atoms with Gasteiger partial charge in [0.15, 0.2) is 5.79 Å². The van der Waals surface area contributed by atoms with E-state index in [0.717, 1.165) is 25.9 Å². The average molecular weight is 311 g/mol. The topological polar surface area (TPSA) is 62.3 Å². The lowest BCUT2D eigenvalue weighted by Crippen LogP contribution is -2.53. The van der Waals surface area contributed by atoms with Gasteiger partial charge in [0.2, 0.25) is 11.8 Å². The molecule has 3 aliphatic rings. The Balaban J connectivity index is 1.42. The summed E-state index contributed by atoms with van der Waals surface area (Å²) in [6, 6.07) is 0. The summed E-state index contributed by atoms with van der Waals surface area (Å²) in [5.74, 6) is -0.135. The SMILES string of the molecule is CC(=O)N1CCN(C(=O)CN2CCC3(CC2)OCCO3)CC1. The van der Waals surface area contributed by atoms with E-state index in [1.807, 2.05) is 4.90 Å². The average Bonchev–Trinajstić information content (AvgIpc) is 2.98.